The average molecular weight is 226 g/mol. The molecule has 0 aromatic carbocycles. The third-order valence-electron chi connectivity index (χ3n) is 2.68. The highest BCUT2D eigenvalue weighted by molar-refractivity contribution is 5.76. The molecular weight excluding hydrogens is 208 g/mol. The number of carbonyl (C=O) groups is 2. The standard InChI is InChI=1S/C11H18N2O3/c1-2-3-6-12-11(16)13-7-4-5-9(8-13)10(14)15/h2,9H,1,3-8H2,(H,12,16)(H,14,15). The van der Waals surface area contributed by atoms with Crippen LogP contribution in [-0.4, -0.2) is 41.6 Å². The molecule has 1 atom stereocenters. The number of hydrogen-bond donors (Lipinski definition) is 2. The van der Waals surface area contributed by atoms with Crippen LogP contribution in [0.2, 0.25) is 0 Å². The molecule has 0 bridgehead atoms. The highest BCUT2D eigenvalue weighted by Gasteiger charge is 2.27. The van der Waals surface area contributed by atoms with E-state index in [9.17, 15) is 9.59 Å². The summed E-state index contributed by atoms with van der Waals surface area (Å²) in [5.74, 6) is -1.23. The highest BCUT2D eigenvalue weighted by atomic mass is 16.4. The topological polar surface area (TPSA) is 69.6 Å². The molecule has 1 aliphatic rings. The molecule has 16 heavy (non-hydrogen) atoms. The van der Waals surface area contributed by atoms with E-state index < -0.39 is 11.9 Å². The molecule has 5 nitrogen and oxygen atoms in total. The Morgan fingerprint density at radius 3 is 2.94 bits per heavy atom. The summed E-state index contributed by atoms with van der Waals surface area (Å²) in [6.45, 7) is 5.07. The zero-order chi connectivity index (χ0) is 12.0. The number of aliphatic carboxylic acids is 1. The van der Waals surface area contributed by atoms with Crippen molar-refractivity contribution in [2.24, 2.45) is 5.92 Å². The van der Waals surface area contributed by atoms with Crippen LogP contribution >= 0.6 is 0 Å². The summed E-state index contributed by atoms with van der Waals surface area (Å²) >= 11 is 0. The van der Waals surface area contributed by atoms with Gasteiger partial charge in [-0.15, -0.1) is 6.58 Å². The number of nitrogens with zero attached hydrogens (tertiary/aromatic N) is 1. The van der Waals surface area contributed by atoms with Crippen molar-refractivity contribution in [2.75, 3.05) is 19.6 Å². The summed E-state index contributed by atoms with van der Waals surface area (Å²) in [5, 5.41) is 11.6. The Hall–Kier alpha value is -1.52. The number of urea groups is 1. The lowest BCUT2D eigenvalue weighted by atomic mass is 9.99. The Kier molecular flexibility index (Phi) is 4.82. The van der Waals surface area contributed by atoms with Crippen LogP contribution in [0.5, 0.6) is 0 Å². The number of rotatable bonds is 4. The predicted molar refractivity (Wildman–Crippen MR) is 60.1 cm³/mol. The Balaban J connectivity index is 2.37. The van der Waals surface area contributed by atoms with Gasteiger partial charge in [0.1, 0.15) is 0 Å². The summed E-state index contributed by atoms with van der Waals surface area (Å²) in [4.78, 5) is 24.0. The minimum absolute atomic E-state index is 0.173. The molecule has 0 spiro atoms. The summed E-state index contributed by atoms with van der Waals surface area (Å²) in [5.41, 5.74) is 0. The van der Waals surface area contributed by atoms with Gasteiger partial charge in [-0.2, -0.15) is 0 Å². The zero-order valence-corrected chi connectivity index (χ0v) is 9.32. The van der Waals surface area contributed by atoms with E-state index in [1.54, 1.807) is 11.0 Å². The molecule has 1 saturated heterocycles. The van der Waals surface area contributed by atoms with Crippen molar-refractivity contribution in [1.82, 2.24) is 10.2 Å². The van der Waals surface area contributed by atoms with Gasteiger partial charge >= 0.3 is 12.0 Å². The monoisotopic (exact) mass is 226 g/mol. The minimum atomic E-state index is -0.816. The molecule has 90 valence electrons. The van der Waals surface area contributed by atoms with E-state index in [0.29, 0.717) is 26.1 Å². The van der Waals surface area contributed by atoms with Crippen LogP contribution in [0.25, 0.3) is 0 Å². The van der Waals surface area contributed by atoms with Gasteiger partial charge in [-0.3, -0.25) is 4.79 Å². The second kappa shape index (κ2) is 6.15. The van der Waals surface area contributed by atoms with E-state index in [-0.39, 0.29) is 6.03 Å². The number of likely N-dealkylation sites (tertiary alicyclic amines) is 1. The van der Waals surface area contributed by atoms with Gasteiger partial charge in [0.05, 0.1) is 5.92 Å². The summed E-state index contributed by atoms with van der Waals surface area (Å²) in [7, 11) is 0. The first-order chi connectivity index (χ1) is 7.65. The summed E-state index contributed by atoms with van der Waals surface area (Å²) < 4.78 is 0. The smallest absolute Gasteiger partial charge is 0.317 e. The van der Waals surface area contributed by atoms with E-state index in [0.717, 1.165) is 12.8 Å². The van der Waals surface area contributed by atoms with E-state index in [4.69, 9.17) is 5.11 Å². The Labute approximate surface area is 95.1 Å². The molecule has 1 heterocycles. The van der Waals surface area contributed by atoms with Gasteiger partial charge in [-0.05, 0) is 19.3 Å². The second-order valence-corrected chi connectivity index (χ2v) is 3.93. The van der Waals surface area contributed by atoms with Gasteiger partial charge in [0.2, 0.25) is 0 Å². The van der Waals surface area contributed by atoms with Crippen molar-refractivity contribution < 1.29 is 14.7 Å². The van der Waals surface area contributed by atoms with Crippen LogP contribution in [0.15, 0.2) is 12.7 Å². The largest absolute Gasteiger partial charge is 0.481 e. The van der Waals surface area contributed by atoms with E-state index in [2.05, 4.69) is 11.9 Å². The number of nitrogens with one attached hydrogen (secondary N) is 1. The lowest BCUT2D eigenvalue weighted by molar-refractivity contribution is -0.143. The maximum absolute atomic E-state index is 11.6. The first-order valence-electron chi connectivity index (χ1n) is 5.51. The molecule has 0 radical (unpaired) electrons. The minimum Gasteiger partial charge on any atom is -0.481 e. The molecule has 0 saturated carbocycles. The first-order valence-corrected chi connectivity index (χ1v) is 5.51. The molecule has 0 aromatic rings. The number of hydrogen-bond acceptors (Lipinski definition) is 2. The van der Waals surface area contributed by atoms with E-state index in [1.165, 1.54) is 0 Å². The van der Waals surface area contributed by atoms with E-state index >= 15 is 0 Å². The number of carboxylic acids is 1. The first kappa shape index (κ1) is 12.5. The van der Waals surface area contributed by atoms with E-state index in [1.807, 2.05) is 0 Å². The molecule has 2 amide bonds. The van der Waals surface area contributed by atoms with Crippen LogP contribution in [0, 0.1) is 5.92 Å². The van der Waals surface area contributed by atoms with Gasteiger partial charge in [-0.25, -0.2) is 4.79 Å². The fourth-order valence-corrected chi connectivity index (χ4v) is 1.76. The van der Waals surface area contributed by atoms with Crippen LogP contribution < -0.4 is 5.32 Å². The maximum atomic E-state index is 11.6. The van der Waals surface area contributed by atoms with Crippen molar-refractivity contribution in [3.05, 3.63) is 12.7 Å². The van der Waals surface area contributed by atoms with Crippen LogP contribution in [0.1, 0.15) is 19.3 Å². The van der Waals surface area contributed by atoms with Crippen LogP contribution in [0.4, 0.5) is 4.79 Å². The SMILES string of the molecule is C=CCCNC(=O)N1CCCC(C(=O)O)C1. The molecule has 0 aliphatic carbocycles. The van der Waals surface area contributed by atoms with Gasteiger partial charge in [0.25, 0.3) is 0 Å². The van der Waals surface area contributed by atoms with Gasteiger partial charge < -0.3 is 15.3 Å². The van der Waals surface area contributed by atoms with Crippen molar-refractivity contribution in [1.29, 1.82) is 0 Å². The molecule has 5 heteroatoms. The molecular formula is C11H18N2O3. The predicted octanol–water partition coefficient (Wildman–Crippen LogP) is 1.07. The Morgan fingerprint density at radius 1 is 1.56 bits per heavy atom. The van der Waals surface area contributed by atoms with Crippen molar-refractivity contribution >= 4 is 12.0 Å². The quantitative estimate of drug-likeness (QED) is 0.556. The van der Waals surface area contributed by atoms with Gasteiger partial charge in [0, 0.05) is 19.6 Å². The molecule has 1 fully saturated rings. The molecule has 1 aliphatic heterocycles. The summed E-state index contributed by atoms with van der Waals surface area (Å²) in [6, 6.07) is -0.173. The molecule has 2 N–H and O–H groups in total. The summed E-state index contributed by atoms with van der Waals surface area (Å²) in [6.07, 6.45) is 3.87. The highest BCUT2D eigenvalue weighted by Crippen LogP contribution is 2.16. The number of piperidine rings is 1. The average Bonchev–Trinajstić information content (AvgIpc) is 2.29. The Bertz CT molecular complexity index is 278. The van der Waals surface area contributed by atoms with Crippen molar-refractivity contribution in [3.63, 3.8) is 0 Å². The lowest BCUT2D eigenvalue weighted by Gasteiger charge is -2.30. The molecule has 1 rings (SSSR count). The normalized spacial score (nSPS) is 20.2. The zero-order valence-electron chi connectivity index (χ0n) is 9.32. The molecule has 0 aromatic heterocycles. The van der Waals surface area contributed by atoms with Crippen molar-refractivity contribution in [2.45, 2.75) is 19.3 Å². The fourth-order valence-electron chi connectivity index (χ4n) is 1.76. The number of carboxylic acid groups (broad SMARTS) is 1. The van der Waals surface area contributed by atoms with Crippen LogP contribution in [0.3, 0.4) is 0 Å². The van der Waals surface area contributed by atoms with Crippen LogP contribution in [-0.2, 0) is 4.79 Å². The third-order valence-corrected chi connectivity index (χ3v) is 2.68. The maximum Gasteiger partial charge on any atom is 0.317 e. The van der Waals surface area contributed by atoms with Gasteiger partial charge in [0.15, 0.2) is 0 Å². The Morgan fingerprint density at radius 2 is 2.31 bits per heavy atom. The molecule has 1 unspecified atom stereocenters. The van der Waals surface area contributed by atoms with Gasteiger partial charge in [-0.1, -0.05) is 6.08 Å². The number of amides is 2. The van der Waals surface area contributed by atoms with Crippen molar-refractivity contribution in [3.8, 4) is 0 Å². The lowest BCUT2D eigenvalue weighted by Crippen LogP contribution is -2.47. The third kappa shape index (κ3) is 3.56. The fraction of sp³-hybridized carbons (Fsp3) is 0.636. The number of carbonyl (C=O) groups excluding carboxylic acids is 1. The second-order valence-electron chi connectivity index (χ2n) is 3.93.